The molecule has 2 unspecified atom stereocenters. The van der Waals surface area contributed by atoms with Crippen LogP contribution in [0.4, 0.5) is 0 Å². The molecule has 0 bridgehead atoms. The maximum Gasteiger partial charge on any atom is 0.138 e. The fraction of sp³-hybridized carbons (Fsp3) is 0.667. The topological polar surface area (TPSA) is 52.6 Å². The lowest BCUT2D eigenvalue weighted by atomic mass is 9.78. The van der Waals surface area contributed by atoms with Gasteiger partial charge in [-0.25, -0.2) is 0 Å². The number of nitrogens with one attached hydrogen (secondary N) is 1. The van der Waals surface area contributed by atoms with Gasteiger partial charge < -0.3 is 9.90 Å². The van der Waals surface area contributed by atoms with E-state index in [0.717, 1.165) is 36.8 Å². The first kappa shape index (κ1) is 18.4. The van der Waals surface area contributed by atoms with Gasteiger partial charge in [-0.1, -0.05) is 47.6 Å². The molecule has 2 heterocycles. The normalized spacial score (nSPS) is 27.5. The Kier molecular flexibility index (Phi) is 4.49. The van der Waals surface area contributed by atoms with Crippen LogP contribution in [0, 0.1) is 0 Å². The molecule has 25 heavy (non-hydrogen) atoms. The van der Waals surface area contributed by atoms with Crippen LogP contribution in [-0.4, -0.2) is 34.9 Å². The number of carbonyl (C=O) groups is 1. The molecule has 1 aromatic carbocycles. The monoisotopic (exact) mass is 344 g/mol. The van der Waals surface area contributed by atoms with E-state index in [1.54, 1.807) is 0 Å². The van der Waals surface area contributed by atoms with Gasteiger partial charge in [0.15, 0.2) is 0 Å². The molecule has 0 saturated carbocycles. The third-order valence-electron chi connectivity index (χ3n) is 5.69. The van der Waals surface area contributed by atoms with Crippen molar-refractivity contribution in [2.24, 2.45) is 0 Å². The van der Waals surface area contributed by atoms with Crippen molar-refractivity contribution < 1.29 is 9.90 Å². The van der Waals surface area contributed by atoms with E-state index in [0.29, 0.717) is 5.75 Å². The average Bonchev–Trinajstić information content (AvgIpc) is 3.07. The van der Waals surface area contributed by atoms with Gasteiger partial charge in [-0.2, -0.15) is 0 Å². The highest BCUT2D eigenvalue weighted by Crippen LogP contribution is 2.44. The van der Waals surface area contributed by atoms with Crippen LogP contribution in [0.2, 0.25) is 0 Å². The predicted octanol–water partition coefficient (Wildman–Crippen LogP) is 3.62. The van der Waals surface area contributed by atoms with Crippen LogP contribution >= 0.6 is 0 Å². The van der Waals surface area contributed by atoms with Crippen molar-refractivity contribution in [1.82, 2.24) is 10.2 Å². The minimum Gasteiger partial charge on any atom is -0.507 e. The molecule has 0 amide bonds. The van der Waals surface area contributed by atoms with Crippen LogP contribution in [0.15, 0.2) is 12.1 Å². The Morgan fingerprint density at radius 3 is 2.40 bits per heavy atom. The SMILES string of the molecule is CC(C)(C)c1cc(C2NC(C=O)[C@@H]3CCCN23)c(O)c(C(C)(C)C)c1. The number of nitrogens with zero attached hydrogens (tertiary/aromatic N) is 1. The molecular weight excluding hydrogens is 312 g/mol. The van der Waals surface area contributed by atoms with Gasteiger partial charge in [-0.3, -0.25) is 10.2 Å². The van der Waals surface area contributed by atoms with Crippen LogP contribution in [-0.2, 0) is 15.6 Å². The molecule has 2 N–H and O–H groups in total. The lowest BCUT2D eigenvalue weighted by molar-refractivity contribution is -0.109. The number of hydrogen-bond acceptors (Lipinski definition) is 4. The van der Waals surface area contributed by atoms with Crippen molar-refractivity contribution >= 4 is 6.29 Å². The zero-order chi connectivity index (χ0) is 18.6. The summed E-state index contributed by atoms with van der Waals surface area (Å²) in [6, 6.07) is 4.37. The molecule has 1 aromatic rings. The van der Waals surface area contributed by atoms with Crippen LogP contribution in [0.1, 0.15) is 77.2 Å². The van der Waals surface area contributed by atoms with Gasteiger partial charge >= 0.3 is 0 Å². The lowest BCUT2D eigenvalue weighted by Gasteiger charge is -2.31. The van der Waals surface area contributed by atoms with Crippen molar-refractivity contribution in [1.29, 1.82) is 0 Å². The van der Waals surface area contributed by atoms with Gasteiger partial charge in [-0.15, -0.1) is 0 Å². The Balaban J connectivity index is 2.14. The maximum atomic E-state index is 11.5. The molecule has 2 aliphatic heterocycles. The quantitative estimate of drug-likeness (QED) is 0.805. The molecule has 2 saturated heterocycles. The molecule has 4 heteroatoms. The summed E-state index contributed by atoms with van der Waals surface area (Å²) in [4.78, 5) is 13.9. The van der Waals surface area contributed by atoms with Crippen LogP contribution in [0.3, 0.4) is 0 Å². The molecule has 0 aliphatic carbocycles. The Labute approximate surface area is 151 Å². The van der Waals surface area contributed by atoms with Gasteiger partial charge in [0.05, 0.1) is 12.2 Å². The van der Waals surface area contributed by atoms with Crippen molar-refractivity contribution in [3.8, 4) is 5.75 Å². The summed E-state index contributed by atoms with van der Waals surface area (Å²) in [5.74, 6) is 0.371. The number of fused-ring (bicyclic) bond motifs is 1. The molecule has 3 rings (SSSR count). The molecule has 0 radical (unpaired) electrons. The van der Waals surface area contributed by atoms with E-state index >= 15 is 0 Å². The zero-order valence-corrected chi connectivity index (χ0v) is 16.4. The number of rotatable bonds is 2. The van der Waals surface area contributed by atoms with E-state index in [1.807, 2.05) is 0 Å². The highest BCUT2D eigenvalue weighted by atomic mass is 16.3. The number of aldehydes is 1. The summed E-state index contributed by atoms with van der Waals surface area (Å²) in [6.07, 6.45) is 3.09. The summed E-state index contributed by atoms with van der Waals surface area (Å²) in [5.41, 5.74) is 2.95. The molecule has 3 atom stereocenters. The van der Waals surface area contributed by atoms with Gasteiger partial charge in [-0.05, 0) is 40.9 Å². The fourth-order valence-corrected chi connectivity index (χ4v) is 4.18. The Bertz CT molecular complexity index is 670. The minimum atomic E-state index is -0.150. The summed E-state index contributed by atoms with van der Waals surface area (Å²) >= 11 is 0. The van der Waals surface area contributed by atoms with Gasteiger partial charge in [0.2, 0.25) is 0 Å². The predicted molar refractivity (Wildman–Crippen MR) is 101 cm³/mol. The third kappa shape index (κ3) is 3.22. The number of hydrogen-bond donors (Lipinski definition) is 2. The maximum absolute atomic E-state index is 11.5. The minimum absolute atomic E-state index is 0.00444. The second-order valence-electron chi connectivity index (χ2n) is 9.64. The van der Waals surface area contributed by atoms with E-state index in [-0.39, 0.29) is 29.1 Å². The highest BCUT2D eigenvalue weighted by molar-refractivity contribution is 5.61. The smallest absolute Gasteiger partial charge is 0.138 e. The Hall–Kier alpha value is -1.39. The Morgan fingerprint density at radius 1 is 1.16 bits per heavy atom. The second kappa shape index (κ2) is 6.10. The highest BCUT2D eigenvalue weighted by Gasteiger charge is 2.45. The average molecular weight is 344 g/mol. The van der Waals surface area contributed by atoms with Crippen molar-refractivity contribution in [3.05, 3.63) is 28.8 Å². The van der Waals surface area contributed by atoms with Gasteiger partial charge in [0, 0.05) is 18.2 Å². The number of phenols is 1. The molecule has 2 aliphatic rings. The van der Waals surface area contributed by atoms with E-state index < -0.39 is 0 Å². The number of phenolic OH excluding ortho intramolecular Hbond substituents is 1. The van der Waals surface area contributed by atoms with Crippen LogP contribution in [0.25, 0.3) is 0 Å². The summed E-state index contributed by atoms with van der Waals surface area (Å²) in [5, 5.41) is 14.6. The third-order valence-corrected chi connectivity index (χ3v) is 5.69. The number of benzene rings is 1. The van der Waals surface area contributed by atoms with Crippen molar-refractivity contribution in [3.63, 3.8) is 0 Å². The van der Waals surface area contributed by atoms with Crippen molar-refractivity contribution in [2.75, 3.05) is 6.54 Å². The first-order valence-electron chi connectivity index (χ1n) is 9.39. The first-order valence-corrected chi connectivity index (χ1v) is 9.39. The van der Waals surface area contributed by atoms with E-state index in [1.165, 1.54) is 5.56 Å². The first-order chi connectivity index (χ1) is 11.5. The van der Waals surface area contributed by atoms with E-state index in [4.69, 9.17) is 0 Å². The Morgan fingerprint density at radius 2 is 1.84 bits per heavy atom. The molecule has 138 valence electrons. The number of carbonyl (C=O) groups excluding carboxylic acids is 1. The lowest BCUT2D eigenvalue weighted by Crippen LogP contribution is -2.32. The van der Waals surface area contributed by atoms with Crippen LogP contribution < -0.4 is 5.32 Å². The number of aromatic hydroxyl groups is 1. The summed E-state index contributed by atoms with van der Waals surface area (Å²) in [7, 11) is 0. The van der Waals surface area contributed by atoms with Gasteiger partial charge in [0.25, 0.3) is 0 Å². The van der Waals surface area contributed by atoms with E-state index in [2.05, 4.69) is 63.9 Å². The van der Waals surface area contributed by atoms with E-state index in [9.17, 15) is 9.90 Å². The molecule has 0 spiro atoms. The fourth-order valence-electron chi connectivity index (χ4n) is 4.18. The largest absolute Gasteiger partial charge is 0.507 e. The summed E-state index contributed by atoms with van der Waals surface area (Å²) in [6.45, 7) is 14.0. The van der Waals surface area contributed by atoms with Crippen molar-refractivity contribution in [2.45, 2.75) is 83.5 Å². The zero-order valence-electron chi connectivity index (χ0n) is 16.4. The van der Waals surface area contributed by atoms with Crippen LogP contribution in [0.5, 0.6) is 5.75 Å². The standard InChI is InChI=1S/C21H32N2O2/c1-20(2,3)13-10-14(18(25)15(11-13)21(4,5)6)19-22-16(12-24)17-8-7-9-23(17)19/h10-12,16-17,19,22,25H,7-9H2,1-6H3/t16?,17-,19?/m0/s1. The molecule has 2 fully saturated rings. The molecule has 4 nitrogen and oxygen atoms in total. The molecular formula is C21H32N2O2. The van der Waals surface area contributed by atoms with Gasteiger partial charge in [0.1, 0.15) is 12.0 Å². The molecule has 0 aromatic heterocycles. The summed E-state index contributed by atoms with van der Waals surface area (Å²) < 4.78 is 0. The second-order valence-corrected chi connectivity index (χ2v) is 9.64.